The van der Waals surface area contributed by atoms with Crippen LogP contribution in [0.15, 0.2) is 44.8 Å². The van der Waals surface area contributed by atoms with Crippen molar-refractivity contribution in [2.24, 2.45) is 0 Å². The van der Waals surface area contributed by atoms with Crippen LogP contribution in [0.1, 0.15) is 18.5 Å². The van der Waals surface area contributed by atoms with E-state index in [-0.39, 0.29) is 16.5 Å². The van der Waals surface area contributed by atoms with Crippen LogP contribution in [0.25, 0.3) is 10.9 Å². The number of hydrogen-bond donors (Lipinski definition) is 3. The maximum atomic E-state index is 13.8. The van der Waals surface area contributed by atoms with Gasteiger partial charge in [0.15, 0.2) is 0 Å². The number of nitrogens with zero attached hydrogens (tertiary/aromatic N) is 1. The Balaban J connectivity index is 1.88. The van der Waals surface area contributed by atoms with Crippen LogP contribution in [-0.2, 0) is 11.3 Å². The normalized spacial score (nSPS) is 12.1. The maximum absolute atomic E-state index is 13.8. The Hall–Kier alpha value is -3.56. The molecule has 0 aliphatic heterocycles. The number of pyridine rings is 1. The van der Waals surface area contributed by atoms with Crippen LogP contribution in [0, 0.1) is 11.6 Å². The zero-order valence-corrected chi connectivity index (χ0v) is 14.0. The highest BCUT2D eigenvalue weighted by Crippen LogP contribution is 2.17. The monoisotopic (exact) mass is 376 g/mol. The van der Waals surface area contributed by atoms with Gasteiger partial charge in [0.25, 0.3) is 11.1 Å². The molecule has 0 radical (unpaired) electrons. The number of carbonyl (C=O) groups is 1. The lowest BCUT2D eigenvalue weighted by molar-refractivity contribution is -0.122. The van der Waals surface area contributed by atoms with Crippen LogP contribution in [0.2, 0.25) is 0 Å². The van der Waals surface area contributed by atoms with Gasteiger partial charge in [0.1, 0.15) is 23.6 Å². The topological polar surface area (TPSA) is 117 Å². The smallest absolute Gasteiger partial charge is 0.329 e. The summed E-state index contributed by atoms with van der Waals surface area (Å²) < 4.78 is 27.3. The first-order chi connectivity index (χ1) is 12.8. The van der Waals surface area contributed by atoms with Gasteiger partial charge in [0, 0.05) is 17.8 Å². The first-order valence-corrected chi connectivity index (χ1v) is 7.86. The molecule has 0 unspecified atom stereocenters. The molecular formula is C17H14F2N4O4. The summed E-state index contributed by atoms with van der Waals surface area (Å²) in [4.78, 5) is 53.1. The van der Waals surface area contributed by atoms with Crippen LogP contribution in [0.5, 0.6) is 0 Å². The van der Waals surface area contributed by atoms with Crippen molar-refractivity contribution >= 4 is 16.8 Å². The van der Waals surface area contributed by atoms with Gasteiger partial charge in [-0.1, -0.05) is 6.07 Å². The molecule has 0 spiro atoms. The second-order valence-electron chi connectivity index (χ2n) is 5.87. The first-order valence-electron chi connectivity index (χ1n) is 7.86. The fraction of sp³-hybridized carbons (Fsp3) is 0.176. The zero-order valence-electron chi connectivity index (χ0n) is 14.0. The van der Waals surface area contributed by atoms with Crippen LogP contribution in [-0.4, -0.2) is 20.4 Å². The fourth-order valence-electron chi connectivity index (χ4n) is 2.71. The van der Waals surface area contributed by atoms with Gasteiger partial charge >= 0.3 is 5.69 Å². The van der Waals surface area contributed by atoms with E-state index in [2.05, 4.69) is 15.3 Å². The van der Waals surface area contributed by atoms with E-state index in [0.29, 0.717) is 10.6 Å². The van der Waals surface area contributed by atoms with Gasteiger partial charge in [-0.25, -0.2) is 13.6 Å². The number of halogens is 2. The number of benzene rings is 1. The number of aromatic amines is 2. The van der Waals surface area contributed by atoms with E-state index in [1.54, 1.807) is 0 Å². The van der Waals surface area contributed by atoms with Crippen molar-refractivity contribution in [3.05, 3.63) is 78.9 Å². The summed E-state index contributed by atoms with van der Waals surface area (Å²) >= 11 is 0. The summed E-state index contributed by atoms with van der Waals surface area (Å²) in [5, 5.41) is 2.13. The number of fused-ring (bicyclic) bond motifs is 1. The molecule has 1 amide bonds. The summed E-state index contributed by atoms with van der Waals surface area (Å²) in [5.41, 5.74) is -2.40. The van der Waals surface area contributed by atoms with Crippen LogP contribution in [0.3, 0.4) is 0 Å². The molecule has 0 saturated heterocycles. The van der Waals surface area contributed by atoms with Gasteiger partial charge < -0.3 is 15.3 Å². The molecule has 0 aliphatic rings. The minimum absolute atomic E-state index is 0.0426. The van der Waals surface area contributed by atoms with Crippen molar-refractivity contribution < 1.29 is 13.6 Å². The Kier molecular flexibility index (Phi) is 4.72. The Morgan fingerprint density at radius 3 is 2.67 bits per heavy atom. The molecule has 0 fully saturated rings. The number of hydrogen-bond acceptors (Lipinski definition) is 4. The molecular weight excluding hydrogens is 362 g/mol. The lowest BCUT2D eigenvalue weighted by atomic mass is 10.1. The van der Waals surface area contributed by atoms with Crippen molar-refractivity contribution in [2.75, 3.05) is 0 Å². The molecule has 3 N–H and O–H groups in total. The predicted molar refractivity (Wildman–Crippen MR) is 92.4 cm³/mol. The third kappa shape index (κ3) is 3.54. The van der Waals surface area contributed by atoms with Crippen LogP contribution >= 0.6 is 0 Å². The van der Waals surface area contributed by atoms with Crippen LogP contribution in [0.4, 0.5) is 8.78 Å². The van der Waals surface area contributed by atoms with Crippen molar-refractivity contribution in [1.29, 1.82) is 0 Å². The number of nitrogens with one attached hydrogen (secondary N) is 3. The van der Waals surface area contributed by atoms with Crippen molar-refractivity contribution in [3.8, 4) is 0 Å². The van der Waals surface area contributed by atoms with Gasteiger partial charge in [-0.15, -0.1) is 0 Å². The molecule has 1 atom stereocenters. The molecule has 0 saturated carbocycles. The summed E-state index contributed by atoms with van der Waals surface area (Å²) in [7, 11) is 0. The number of H-pyrrole nitrogens is 2. The van der Waals surface area contributed by atoms with E-state index in [4.69, 9.17) is 0 Å². The summed E-state index contributed by atoms with van der Waals surface area (Å²) in [6, 6.07) is 3.43. The maximum Gasteiger partial charge on any atom is 0.329 e. The molecule has 27 heavy (non-hydrogen) atoms. The van der Waals surface area contributed by atoms with E-state index in [9.17, 15) is 28.0 Å². The largest absolute Gasteiger partial charge is 0.348 e. The van der Waals surface area contributed by atoms with E-state index in [1.807, 2.05) is 0 Å². The molecule has 10 heteroatoms. The quantitative estimate of drug-likeness (QED) is 0.616. The van der Waals surface area contributed by atoms with Crippen molar-refractivity contribution in [2.45, 2.75) is 19.5 Å². The number of carbonyl (C=O) groups excluding carboxylic acids is 1. The van der Waals surface area contributed by atoms with E-state index in [1.165, 1.54) is 25.3 Å². The Labute approximate surface area is 149 Å². The van der Waals surface area contributed by atoms with E-state index in [0.717, 1.165) is 6.07 Å². The summed E-state index contributed by atoms with van der Waals surface area (Å²) in [6.45, 7) is 0.790. The molecule has 1 aromatic carbocycles. The predicted octanol–water partition coefficient (Wildman–Crippen LogP) is 0.534. The van der Waals surface area contributed by atoms with Gasteiger partial charge in [-0.05, 0) is 19.1 Å². The van der Waals surface area contributed by atoms with Crippen molar-refractivity contribution in [3.63, 3.8) is 0 Å². The first kappa shape index (κ1) is 18.2. The molecule has 0 bridgehead atoms. The van der Waals surface area contributed by atoms with Gasteiger partial charge in [-0.3, -0.25) is 19.0 Å². The van der Waals surface area contributed by atoms with Gasteiger partial charge in [0.05, 0.1) is 11.6 Å². The molecule has 2 aromatic heterocycles. The highest BCUT2D eigenvalue weighted by atomic mass is 19.1. The highest BCUT2D eigenvalue weighted by Gasteiger charge is 2.17. The minimum atomic E-state index is -0.925. The third-order valence-corrected chi connectivity index (χ3v) is 4.01. The summed E-state index contributed by atoms with van der Waals surface area (Å²) in [5.74, 6) is -2.35. The third-order valence-electron chi connectivity index (χ3n) is 4.01. The number of rotatable bonds is 4. The second-order valence-corrected chi connectivity index (χ2v) is 5.87. The van der Waals surface area contributed by atoms with E-state index < -0.39 is 46.9 Å². The molecule has 8 nitrogen and oxygen atoms in total. The van der Waals surface area contributed by atoms with E-state index >= 15 is 0 Å². The second kappa shape index (κ2) is 6.98. The summed E-state index contributed by atoms with van der Waals surface area (Å²) in [6.07, 6.45) is 1.27. The molecule has 0 aliphatic carbocycles. The number of amides is 1. The average molecular weight is 376 g/mol. The standard InChI is InChI=1S/C17H14F2N4O4/c1-8(10-3-2-9(18)6-11(10)19)21-13(24)7-23-16(26)14-12(22-17(23)27)4-5-20-15(14)25/h2-6,8H,7H2,1H3,(H,20,25)(H,21,24)(H,22,27)/t8-/m0/s1. The Morgan fingerprint density at radius 1 is 1.22 bits per heavy atom. The lowest BCUT2D eigenvalue weighted by Gasteiger charge is -2.15. The molecule has 3 aromatic rings. The van der Waals surface area contributed by atoms with Crippen molar-refractivity contribution in [1.82, 2.24) is 19.9 Å². The highest BCUT2D eigenvalue weighted by molar-refractivity contribution is 5.78. The lowest BCUT2D eigenvalue weighted by Crippen LogP contribution is -2.42. The average Bonchev–Trinajstić information content (AvgIpc) is 2.58. The minimum Gasteiger partial charge on any atom is -0.348 e. The molecule has 2 heterocycles. The number of aromatic nitrogens is 3. The Morgan fingerprint density at radius 2 is 1.96 bits per heavy atom. The molecule has 140 valence electrons. The SMILES string of the molecule is C[C@H](NC(=O)Cn1c(=O)[nH]c2cc[nH]c(=O)c2c1=O)c1ccc(F)cc1F. The van der Waals surface area contributed by atoms with Gasteiger partial charge in [0.2, 0.25) is 5.91 Å². The van der Waals surface area contributed by atoms with Gasteiger partial charge in [-0.2, -0.15) is 0 Å². The van der Waals surface area contributed by atoms with Crippen LogP contribution < -0.4 is 22.1 Å². The Bertz CT molecular complexity index is 1210. The fourth-order valence-corrected chi connectivity index (χ4v) is 2.71. The zero-order chi connectivity index (χ0) is 19.7. The molecule has 3 rings (SSSR count).